The van der Waals surface area contributed by atoms with Crippen molar-refractivity contribution in [3.63, 3.8) is 0 Å². The molecule has 0 saturated heterocycles. The van der Waals surface area contributed by atoms with Gasteiger partial charge in [-0.1, -0.05) is 16.2 Å². The van der Waals surface area contributed by atoms with Gasteiger partial charge in [0, 0.05) is 15.7 Å². The second-order valence-corrected chi connectivity index (χ2v) is 13.8. The summed E-state index contributed by atoms with van der Waals surface area (Å²) in [5.74, 6) is -2.81. The highest BCUT2D eigenvalue weighted by molar-refractivity contribution is 7.94. The van der Waals surface area contributed by atoms with Crippen LogP contribution >= 0.6 is 24.1 Å². The number of amides is 1. The summed E-state index contributed by atoms with van der Waals surface area (Å²) in [6.07, 6.45) is 4.16. The number of hydrogen-bond acceptors (Lipinski definition) is 20. The number of Topliss-reactive ketones (excluding diaryl/α,β-unsaturated/α-hetero) is 1. The summed E-state index contributed by atoms with van der Waals surface area (Å²) in [4.78, 5) is 37.6. The van der Waals surface area contributed by atoms with E-state index in [1.54, 1.807) is 5.92 Å². The zero-order valence-electron chi connectivity index (χ0n) is 25.9. The second-order valence-electron chi connectivity index (χ2n) is 9.45. The highest BCUT2D eigenvalue weighted by Crippen LogP contribution is 2.36. The summed E-state index contributed by atoms with van der Waals surface area (Å²) in [5.41, 5.74) is -3.66. The van der Waals surface area contributed by atoms with E-state index in [1.807, 2.05) is 0 Å². The Morgan fingerprint density at radius 2 is 1.51 bits per heavy atom. The maximum absolute atomic E-state index is 13.6. The molecule has 1 aromatic heterocycles. The summed E-state index contributed by atoms with van der Waals surface area (Å²) in [5, 5.41) is 52.3. The molecule has 3 aromatic rings. The molecule has 0 fully saturated rings. The number of aromatic nitrogens is 2. The first-order valence-electron chi connectivity index (χ1n) is 13.6. The number of benzene rings is 2. The predicted octanol–water partition coefficient (Wildman–Crippen LogP) is 2.35. The molecule has 2 heterocycles. The van der Waals surface area contributed by atoms with Crippen LogP contribution in [0.15, 0.2) is 78.8 Å². The molecule has 0 bridgehead atoms. The van der Waals surface area contributed by atoms with E-state index in [0.29, 0.717) is 33.8 Å². The van der Waals surface area contributed by atoms with Crippen molar-refractivity contribution in [2.24, 2.45) is 5.10 Å². The van der Waals surface area contributed by atoms with Crippen LogP contribution in [-0.2, 0) is 53.3 Å². The molecule has 0 unspecified atom stereocenters. The number of esters is 1. The Hall–Kier alpha value is -5.15. The van der Waals surface area contributed by atoms with Gasteiger partial charge >= 0.3 is 5.97 Å². The number of ketones is 1. The normalized spacial score (nSPS) is 14.1. The summed E-state index contributed by atoms with van der Waals surface area (Å²) < 4.78 is 82.5. The van der Waals surface area contributed by atoms with Crippen LogP contribution in [0.2, 0.25) is 0 Å². The van der Waals surface area contributed by atoms with E-state index < -0.39 is 87.5 Å². The van der Waals surface area contributed by atoms with E-state index >= 15 is 0 Å². The summed E-state index contributed by atoms with van der Waals surface area (Å²) in [6.45, 7) is 1.25. The number of carbonyl (C=O) groups is 3. The zero-order chi connectivity index (χ0) is 39.1. The molecule has 0 saturated carbocycles. The molecule has 0 radical (unpaired) electrons. The molecule has 280 valence electrons. The highest BCUT2D eigenvalue weighted by atomic mass is 32.2. The van der Waals surface area contributed by atoms with Gasteiger partial charge in [0.1, 0.15) is 15.9 Å². The van der Waals surface area contributed by atoms with Crippen molar-refractivity contribution < 1.29 is 84.5 Å². The Labute approximate surface area is 305 Å². The van der Waals surface area contributed by atoms with Gasteiger partial charge in [-0.2, -0.15) is 36.7 Å². The van der Waals surface area contributed by atoms with Crippen LogP contribution in [0.25, 0.3) is 11.8 Å². The standard InChI is InChI=1S/C27H20N4O18S4/c1-2-45-27(36)24-17(26(35)31(29-24)19-13-15(51-49-47-38)7-9-22(19)53(42,43)44)5-3-4-16-23(20(33)10-11-32)28-30(25(16)34)18-12-14(50-48-46-37)6-8-21(18)52(39,40)41/h3-9,12-13,32,35,37-38H,2H2,1H3,(H,39,40,41)(H,42,43,44)/b5-3?,16-4-. The fraction of sp³-hybridized carbons (Fsp3) is 0.0741. The third-order valence-corrected chi connectivity index (χ3v) is 9.30. The van der Waals surface area contributed by atoms with E-state index in [1.165, 1.54) is 13.0 Å². The number of anilines is 1. The molecule has 1 aliphatic rings. The Morgan fingerprint density at radius 3 is 2.04 bits per heavy atom. The van der Waals surface area contributed by atoms with Crippen LogP contribution in [0, 0.1) is 12.0 Å². The van der Waals surface area contributed by atoms with Crippen LogP contribution in [0.1, 0.15) is 23.0 Å². The molecule has 22 nitrogen and oxygen atoms in total. The van der Waals surface area contributed by atoms with Gasteiger partial charge in [0.25, 0.3) is 31.9 Å². The van der Waals surface area contributed by atoms with Crippen molar-refractivity contribution in [1.82, 2.24) is 9.78 Å². The first kappa shape index (κ1) is 40.6. The molecule has 0 atom stereocenters. The maximum atomic E-state index is 13.6. The first-order valence-corrected chi connectivity index (χ1v) is 18.0. The van der Waals surface area contributed by atoms with Gasteiger partial charge in [-0.15, -0.1) is 8.67 Å². The number of nitrogens with zero attached hydrogens (tertiary/aromatic N) is 4. The van der Waals surface area contributed by atoms with Crippen molar-refractivity contribution in [2.45, 2.75) is 26.5 Å². The van der Waals surface area contributed by atoms with Crippen LogP contribution in [0.3, 0.4) is 0 Å². The highest BCUT2D eigenvalue weighted by Gasteiger charge is 2.37. The summed E-state index contributed by atoms with van der Waals surface area (Å²) in [6, 6.07) is 5.86. The zero-order valence-corrected chi connectivity index (χ0v) is 29.2. The number of rotatable bonds is 15. The van der Waals surface area contributed by atoms with Gasteiger partial charge in [-0.3, -0.25) is 18.7 Å². The predicted molar refractivity (Wildman–Crippen MR) is 175 cm³/mol. The quantitative estimate of drug-likeness (QED) is 0.0244. The Balaban J connectivity index is 1.88. The van der Waals surface area contributed by atoms with Gasteiger partial charge < -0.3 is 14.9 Å². The number of allylic oxidation sites excluding steroid dienone is 2. The van der Waals surface area contributed by atoms with E-state index in [0.717, 1.165) is 54.6 Å². The minimum absolute atomic E-state index is 0.0145. The lowest BCUT2D eigenvalue weighted by molar-refractivity contribution is -0.432. The number of hydrazone groups is 1. The Morgan fingerprint density at radius 1 is 0.943 bits per heavy atom. The fourth-order valence-electron chi connectivity index (χ4n) is 4.31. The molecule has 6 N–H and O–H groups in total. The SMILES string of the molecule is CCOC(=O)c1nn(-c2cc(SOOO)ccc2S(=O)(=O)O)c(O)c1C=C/C=C1\C(=O)N(c2cc(SOOO)ccc2S(=O)(=O)O)N=C1C(=O)C#CO. The number of aromatic hydroxyl groups is 1. The van der Waals surface area contributed by atoms with E-state index in [-0.39, 0.29) is 16.4 Å². The molecule has 1 aliphatic heterocycles. The molecule has 2 aromatic carbocycles. The lowest BCUT2D eigenvalue weighted by Crippen LogP contribution is -2.24. The minimum Gasteiger partial charge on any atom is -0.493 e. The lowest BCUT2D eigenvalue weighted by atomic mass is 10.1. The van der Waals surface area contributed by atoms with Gasteiger partial charge in [0.2, 0.25) is 5.88 Å². The number of carbonyl (C=O) groups excluding carboxylic acids is 3. The molecule has 0 aliphatic carbocycles. The average molecular weight is 817 g/mol. The molecular weight excluding hydrogens is 797 g/mol. The Kier molecular flexibility index (Phi) is 13.1. The Bertz CT molecular complexity index is 2340. The minimum atomic E-state index is -5.05. The van der Waals surface area contributed by atoms with Crippen molar-refractivity contribution in [3.8, 4) is 23.6 Å². The molecule has 26 heteroatoms. The van der Waals surface area contributed by atoms with Crippen molar-refractivity contribution in [2.75, 3.05) is 11.6 Å². The van der Waals surface area contributed by atoms with E-state index in [4.69, 9.17) is 20.4 Å². The average Bonchev–Trinajstić information content (AvgIpc) is 3.61. The van der Waals surface area contributed by atoms with Crippen molar-refractivity contribution in [1.29, 1.82) is 0 Å². The van der Waals surface area contributed by atoms with Crippen LogP contribution in [0.5, 0.6) is 5.88 Å². The van der Waals surface area contributed by atoms with E-state index in [2.05, 4.69) is 28.9 Å². The molecular formula is C27H20N4O18S4. The van der Waals surface area contributed by atoms with Gasteiger partial charge in [0.05, 0.1) is 53.2 Å². The van der Waals surface area contributed by atoms with E-state index in [9.17, 15) is 45.4 Å². The number of ether oxygens (including phenoxy) is 1. The largest absolute Gasteiger partial charge is 0.493 e. The fourth-order valence-corrected chi connectivity index (χ4v) is 6.40. The molecule has 4 rings (SSSR count). The van der Waals surface area contributed by atoms with Crippen LogP contribution < -0.4 is 5.01 Å². The monoisotopic (exact) mass is 816 g/mol. The maximum Gasteiger partial charge on any atom is 0.359 e. The molecule has 1 amide bonds. The molecule has 53 heavy (non-hydrogen) atoms. The lowest BCUT2D eigenvalue weighted by Gasteiger charge is -2.15. The third-order valence-electron chi connectivity index (χ3n) is 6.35. The summed E-state index contributed by atoms with van der Waals surface area (Å²) >= 11 is 0.697. The number of aliphatic hydroxyl groups is 1. The van der Waals surface area contributed by atoms with Crippen molar-refractivity contribution in [3.05, 3.63) is 65.4 Å². The number of aliphatic hydroxyl groups excluding tert-OH is 1. The molecule has 0 spiro atoms. The van der Waals surface area contributed by atoms with Crippen molar-refractivity contribution >= 4 is 79.5 Å². The smallest absolute Gasteiger partial charge is 0.359 e. The van der Waals surface area contributed by atoms with Gasteiger partial charge in [0.15, 0.2) is 11.4 Å². The van der Waals surface area contributed by atoms with Crippen LogP contribution in [0.4, 0.5) is 5.69 Å². The van der Waals surface area contributed by atoms with Crippen LogP contribution in [-0.4, -0.2) is 86.4 Å². The second kappa shape index (κ2) is 17.1. The van der Waals surface area contributed by atoms with Gasteiger partial charge in [-0.25, -0.2) is 15.3 Å². The summed E-state index contributed by atoms with van der Waals surface area (Å²) in [7, 11) is -10.1. The third kappa shape index (κ3) is 9.27. The van der Waals surface area contributed by atoms with Gasteiger partial charge in [-0.05, 0) is 55.5 Å². The number of hydrogen-bond donors (Lipinski definition) is 6. The first-order chi connectivity index (χ1) is 25.1. The topological polar surface area (TPSA) is 320 Å².